The van der Waals surface area contributed by atoms with Crippen LogP contribution in [-0.2, 0) is 6.54 Å². The van der Waals surface area contributed by atoms with Gasteiger partial charge in [0, 0.05) is 17.5 Å². The van der Waals surface area contributed by atoms with Gasteiger partial charge in [-0.3, -0.25) is 4.79 Å². The minimum absolute atomic E-state index is 0.149. The number of nitrogens with one attached hydrogen (secondary N) is 1. The van der Waals surface area contributed by atoms with E-state index >= 15 is 0 Å². The highest BCUT2D eigenvalue weighted by molar-refractivity contribution is 6.30. The topological polar surface area (TPSA) is 70.7 Å². The minimum atomic E-state index is -0.266. The molecule has 2 aromatic carbocycles. The summed E-state index contributed by atoms with van der Waals surface area (Å²) in [5.74, 6) is 0.149. The second-order valence-corrected chi connectivity index (χ2v) is 5.25. The summed E-state index contributed by atoms with van der Waals surface area (Å²) in [5, 5.41) is 11.8. The molecule has 1 heterocycles. The summed E-state index contributed by atoms with van der Waals surface area (Å²) in [6.07, 6.45) is 1.53. The molecule has 0 unspecified atom stereocenters. The van der Waals surface area contributed by atoms with Crippen LogP contribution in [0, 0.1) is 11.3 Å². The van der Waals surface area contributed by atoms with Gasteiger partial charge in [0.05, 0.1) is 18.2 Å². The third-order valence-corrected chi connectivity index (χ3v) is 3.46. The monoisotopic (exact) mass is 312 g/mol. The first-order chi connectivity index (χ1) is 11.7. The van der Waals surface area contributed by atoms with E-state index < -0.39 is 0 Å². The number of rotatable bonds is 4. The third-order valence-electron chi connectivity index (χ3n) is 3.46. The van der Waals surface area contributed by atoms with Crippen LogP contribution in [0.25, 0.3) is 0 Å². The molecule has 2 radical (unpaired) electrons. The summed E-state index contributed by atoms with van der Waals surface area (Å²) in [5.41, 5.74) is 2.19. The van der Waals surface area contributed by atoms with E-state index in [1.54, 1.807) is 24.3 Å². The van der Waals surface area contributed by atoms with Crippen LogP contribution in [0.5, 0.6) is 0 Å². The van der Waals surface area contributed by atoms with Gasteiger partial charge in [-0.15, -0.1) is 0 Å². The normalized spacial score (nSPS) is 10.1. The second-order valence-electron chi connectivity index (χ2n) is 5.25. The van der Waals surface area contributed by atoms with Gasteiger partial charge in [0.2, 0.25) is 0 Å². The average Bonchev–Trinajstić information content (AvgIpc) is 2.60. The fourth-order valence-electron chi connectivity index (χ4n) is 2.30. The highest BCUT2D eigenvalue weighted by Gasteiger charge is 2.08. The number of aromatic nitrogens is 2. The van der Waals surface area contributed by atoms with Gasteiger partial charge >= 0.3 is 0 Å². The van der Waals surface area contributed by atoms with Gasteiger partial charge < -0.3 is 9.88 Å². The van der Waals surface area contributed by atoms with Crippen molar-refractivity contribution >= 4 is 24.9 Å². The SMILES string of the molecule is [B]c1cn(Cc2ccccc2)c(=O)c(Nc2ccc(C#N)cc2)n1. The van der Waals surface area contributed by atoms with E-state index in [1.807, 2.05) is 36.4 Å². The number of anilines is 2. The number of hydrogen-bond donors (Lipinski definition) is 1. The fraction of sp³-hybridized carbons (Fsp3) is 0.0556. The van der Waals surface area contributed by atoms with E-state index in [4.69, 9.17) is 13.1 Å². The number of benzene rings is 2. The first-order valence-corrected chi connectivity index (χ1v) is 7.34. The van der Waals surface area contributed by atoms with Crippen LogP contribution in [0.3, 0.4) is 0 Å². The summed E-state index contributed by atoms with van der Waals surface area (Å²) in [4.78, 5) is 16.7. The van der Waals surface area contributed by atoms with Gasteiger partial charge in [-0.25, -0.2) is 4.98 Å². The molecule has 0 amide bonds. The van der Waals surface area contributed by atoms with Crippen molar-refractivity contribution in [1.29, 1.82) is 5.26 Å². The van der Waals surface area contributed by atoms with Gasteiger partial charge in [-0.05, 0) is 29.8 Å². The van der Waals surface area contributed by atoms with E-state index in [9.17, 15) is 4.79 Å². The lowest BCUT2D eigenvalue weighted by atomic mass is 10.1. The van der Waals surface area contributed by atoms with E-state index in [1.165, 1.54) is 10.8 Å². The summed E-state index contributed by atoms with van der Waals surface area (Å²) in [6, 6.07) is 18.4. The van der Waals surface area contributed by atoms with Gasteiger partial charge in [0.25, 0.3) is 5.56 Å². The van der Waals surface area contributed by atoms with Gasteiger partial charge in [-0.2, -0.15) is 5.26 Å². The molecule has 1 N–H and O–H groups in total. The Morgan fingerprint density at radius 2 is 1.83 bits per heavy atom. The zero-order chi connectivity index (χ0) is 16.9. The second kappa shape index (κ2) is 6.84. The molecule has 0 atom stereocenters. The molecule has 3 aromatic rings. The van der Waals surface area contributed by atoms with Gasteiger partial charge in [0.15, 0.2) is 5.82 Å². The Kier molecular flexibility index (Phi) is 4.44. The highest BCUT2D eigenvalue weighted by Crippen LogP contribution is 2.12. The molecule has 0 aliphatic carbocycles. The third kappa shape index (κ3) is 3.53. The first-order valence-electron chi connectivity index (χ1n) is 7.34. The molecule has 0 saturated carbocycles. The standard InChI is InChI=1S/C18H13BN4O/c19-16-12-23(11-14-4-2-1-3-5-14)18(24)17(22-16)21-15-8-6-13(10-20)7-9-15/h1-9,12H,11H2,(H,21,22). The summed E-state index contributed by atoms with van der Waals surface area (Å²) in [7, 11) is 5.83. The Bertz CT molecular complexity index is 943. The zero-order valence-electron chi connectivity index (χ0n) is 12.8. The lowest BCUT2D eigenvalue weighted by Crippen LogP contribution is -2.30. The molecule has 0 saturated heterocycles. The lowest BCUT2D eigenvalue weighted by Gasteiger charge is -2.11. The largest absolute Gasteiger partial charge is 0.336 e. The average molecular weight is 312 g/mol. The maximum absolute atomic E-state index is 12.6. The molecule has 0 fully saturated rings. The van der Waals surface area contributed by atoms with E-state index in [-0.39, 0.29) is 17.0 Å². The van der Waals surface area contributed by atoms with Gasteiger partial charge in [-0.1, -0.05) is 30.3 Å². The van der Waals surface area contributed by atoms with Crippen molar-refractivity contribution in [3.8, 4) is 6.07 Å². The molecule has 1 aromatic heterocycles. The molecular formula is C18H13BN4O. The first kappa shape index (κ1) is 15.6. The van der Waals surface area contributed by atoms with Crippen molar-refractivity contribution in [1.82, 2.24) is 9.55 Å². The van der Waals surface area contributed by atoms with Gasteiger partial charge in [0.1, 0.15) is 7.85 Å². The molecule has 0 aliphatic heterocycles. The molecule has 3 rings (SSSR count). The number of hydrogen-bond acceptors (Lipinski definition) is 4. The Labute approximate surface area is 140 Å². The van der Waals surface area contributed by atoms with Crippen LogP contribution in [0.1, 0.15) is 11.1 Å². The lowest BCUT2D eigenvalue weighted by molar-refractivity contribution is 0.757. The maximum atomic E-state index is 12.6. The molecule has 5 nitrogen and oxygen atoms in total. The molecule has 114 valence electrons. The van der Waals surface area contributed by atoms with Crippen molar-refractivity contribution in [2.24, 2.45) is 0 Å². The summed E-state index contributed by atoms with van der Waals surface area (Å²) < 4.78 is 1.52. The Morgan fingerprint density at radius 1 is 1.12 bits per heavy atom. The van der Waals surface area contributed by atoms with Crippen molar-refractivity contribution in [3.63, 3.8) is 0 Å². The summed E-state index contributed by atoms with van der Waals surface area (Å²) in [6.45, 7) is 0.411. The van der Waals surface area contributed by atoms with Crippen LogP contribution >= 0.6 is 0 Å². The van der Waals surface area contributed by atoms with Crippen LogP contribution in [-0.4, -0.2) is 17.4 Å². The highest BCUT2D eigenvalue weighted by atomic mass is 16.1. The Hall–Kier alpha value is -3.33. The van der Waals surface area contributed by atoms with E-state index in [0.717, 1.165) is 5.56 Å². The van der Waals surface area contributed by atoms with Crippen molar-refractivity contribution in [3.05, 3.63) is 82.3 Å². The molecule has 0 aliphatic rings. The number of nitrogens with zero attached hydrogens (tertiary/aromatic N) is 3. The Balaban J connectivity index is 1.91. The predicted octanol–water partition coefficient (Wildman–Crippen LogP) is 1.70. The molecule has 6 heteroatoms. The van der Waals surface area contributed by atoms with Crippen molar-refractivity contribution in [2.75, 3.05) is 5.32 Å². The summed E-state index contributed by atoms with van der Waals surface area (Å²) >= 11 is 0. The zero-order valence-corrected chi connectivity index (χ0v) is 12.8. The quantitative estimate of drug-likeness (QED) is 0.744. The fourth-order valence-corrected chi connectivity index (χ4v) is 2.30. The Morgan fingerprint density at radius 3 is 2.50 bits per heavy atom. The smallest absolute Gasteiger partial charge is 0.293 e. The number of nitriles is 1. The minimum Gasteiger partial charge on any atom is -0.336 e. The van der Waals surface area contributed by atoms with Crippen LogP contribution < -0.4 is 16.5 Å². The van der Waals surface area contributed by atoms with Crippen LogP contribution in [0.4, 0.5) is 11.5 Å². The molecular weight excluding hydrogens is 299 g/mol. The van der Waals surface area contributed by atoms with E-state index in [0.29, 0.717) is 17.8 Å². The van der Waals surface area contributed by atoms with Crippen LogP contribution in [0.2, 0.25) is 0 Å². The molecule has 0 spiro atoms. The molecule has 0 bridgehead atoms. The van der Waals surface area contributed by atoms with Crippen molar-refractivity contribution in [2.45, 2.75) is 6.54 Å². The maximum Gasteiger partial charge on any atom is 0.293 e. The predicted molar refractivity (Wildman–Crippen MR) is 93.9 cm³/mol. The van der Waals surface area contributed by atoms with Crippen LogP contribution in [0.15, 0.2) is 65.6 Å². The van der Waals surface area contributed by atoms with Crippen molar-refractivity contribution < 1.29 is 0 Å². The molecule has 24 heavy (non-hydrogen) atoms. The van der Waals surface area contributed by atoms with E-state index in [2.05, 4.69) is 10.3 Å².